The van der Waals surface area contributed by atoms with Gasteiger partial charge in [-0.2, -0.15) is 5.10 Å². The highest BCUT2D eigenvalue weighted by atomic mass is 15.3. The zero-order valence-corrected chi connectivity index (χ0v) is 9.38. The maximum absolute atomic E-state index is 4.33. The minimum Gasteiger partial charge on any atom is -0.323 e. The Labute approximate surface area is 104 Å². The molecule has 2 N–H and O–H groups in total. The van der Waals surface area contributed by atoms with Crippen LogP contribution in [-0.2, 0) is 0 Å². The lowest BCUT2D eigenvalue weighted by Gasteiger charge is -1.91. The van der Waals surface area contributed by atoms with Gasteiger partial charge in [0.2, 0.25) is 5.95 Å². The van der Waals surface area contributed by atoms with Crippen LogP contribution in [0.5, 0.6) is 0 Å². The van der Waals surface area contributed by atoms with Gasteiger partial charge < -0.3 is 4.98 Å². The van der Waals surface area contributed by atoms with E-state index in [1.807, 2.05) is 24.3 Å². The maximum Gasteiger partial charge on any atom is 0.222 e. The minimum atomic E-state index is 0.602. The van der Waals surface area contributed by atoms with Crippen LogP contribution in [0.25, 0.3) is 11.0 Å². The fourth-order valence-corrected chi connectivity index (χ4v) is 1.54. The van der Waals surface area contributed by atoms with Crippen LogP contribution in [0.3, 0.4) is 0 Å². The minimum absolute atomic E-state index is 0.602. The number of rotatable bonds is 3. The van der Waals surface area contributed by atoms with Crippen LogP contribution in [0.2, 0.25) is 0 Å². The van der Waals surface area contributed by atoms with Gasteiger partial charge in [-0.3, -0.25) is 0 Å². The molecule has 0 aliphatic rings. The summed E-state index contributed by atoms with van der Waals surface area (Å²) >= 11 is 0. The van der Waals surface area contributed by atoms with Crippen LogP contribution in [0.4, 0.5) is 5.95 Å². The monoisotopic (exact) mass is 235 g/mol. The average Bonchev–Trinajstić information content (AvgIpc) is 2.82. The number of hydrogen-bond donors (Lipinski definition) is 2. The van der Waals surface area contributed by atoms with Crippen LogP contribution in [0.15, 0.2) is 41.6 Å². The molecule has 0 atom stereocenters. The molecule has 0 spiro atoms. The van der Waals surface area contributed by atoms with Gasteiger partial charge in [0.15, 0.2) is 0 Å². The fourth-order valence-electron chi connectivity index (χ4n) is 1.54. The van der Waals surface area contributed by atoms with Crippen molar-refractivity contribution in [1.29, 1.82) is 0 Å². The third-order valence-electron chi connectivity index (χ3n) is 2.36. The number of aromatic nitrogens is 3. The molecule has 0 saturated carbocycles. The number of aromatic amines is 1. The van der Waals surface area contributed by atoms with E-state index in [-0.39, 0.29) is 0 Å². The number of hydrazone groups is 1. The molecule has 3 rings (SSSR count). The second-order valence-electron chi connectivity index (χ2n) is 3.61. The van der Waals surface area contributed by atoms with Gasteiger partial charge in [0, 0.05) is 18.0 Å². The molecule has 2 heterocycles. The highest BCUT2D eigenvalue weighted by Crippen LogP contribution is 2.12. The first-order valence-corrected chi connectivity index (χ1v) is 5.40. The van der Waals surface area contributed by atoms with Gasteiger partial charge in [0.25, 0.3) is 0 Å². The number of imidazole rings is 1. The van der Waals surface area contributed by atoms with E-state index >= 15 is 0 Å². The third-order valence-corrected chi connectivity index (χ3v) is 2.36. The number of nitrogens with one attached hydrogen (secondary N) is 2. The quantitative estimate of drug-likeness (QED) is 0.539. The standard InChI is InChI=1S/C13H9N5/c1-2-4-12-11(3-1)16-13(17-12)18-15-9-10-5-7-14-8-6-10/h1-5,7,9H,(H2,16,17,18)/b15-9+. The predicted molar refractivity (Wildman–Crippen MR) is 69.2 cm³/mol. The molecule has 0 bridgehead atoms. The summed E-state index contributed by atoms with van der Waals surface area (Å²) < 4.78 is 0. The Kier molecular flexibility index (Phi) is 2.60. The summed E-state index contributed by atoms with van der Waals surface area (Å²) in [5.41, 5.74) is 5.50. The van der Waals surface area contributed by atoms with Gasteiger partial charge in [-0.25, -0.2) is 15.4 Å². The molecule has 0 unspecified atom stereocenters. The summed E-state index contributed by atoms with van der Waals surface area (Å²) in [6.45, 7) is 0. The molecule has 5 heteroatoms. The lowest BCUT2D eigenvalue weighted by Crippen LogP contribution is -1.91. The van der Waals surface area contributed by atoms with Gasteiger partial charge in [0.1, 0.15) is 0 Å². The molecule has 86 valence electrons. The number of para-hydroxylation sites is 2. The molecule has 2 aromatic heterocycles. The first-order valence-electron chi connectivity index (χ1n) is 5.40. The van der Waals surface area contributed by atoms with Crippen LogP contribution >= 0.6 is 0 Å². The van der Waals surface area contributed by atoms with Crippen molar-refractivity contribution in [3.05, 3.63) is 54.4 Å². The van der Waals surface area contributed by atoms with Crippen LogP contribution in [-0.4, -0.2) is 21.2 Å². The van der Waals surface area contributed by atoms with Crippen molar-refractivity contribution in [3.63, 3.8) is 0 Å². The summed E-state index contributed by atoms with van der Waals surface area (Å²) in [6.07, 6.45) is 5.88. The van der Waals surface area contributed by atoms with E-state index in [9.17, 15) is 0 Å². The molecule has 18 heavy (non-hydrogen) atoms. The van der Waals surface area contributed by atoms with E-state index in [1.165, 1.54) is 0 Å². The number of nitrogens with zero attached hydrogens (tertiary/aromatic N) is 3. The van der Waals surface area contributed by atoms with E-state index in [0.29, 0.717) is 5.95 Å². The normalized spacial score (nSPS) is 10.7. The van der Waals surface area contributed by atoms with Gasteiger partial charge in [-0.15, -0.1) is 0 Å². The molecule has 0 fully saturated rings. The Morgan fingerprint density at radius 3 is 3.06 bits per heavy atom. The van der Waals surface area contributed by atoms with Crippen molar-refractivity contribution in [2.75, 3.05) is 5.43 Å². The summed E-state index contributed by atoms with van der Waals surface area (Å²) in [5.74, 6) is 0.602. The second-order valence-corrected chi connectivity index (χ2v) is 3.61. The number of anilines is 1. The molecule has 5 nitrogen and oxygen atoms in total. The van der Waals surface area contributed by atoms with Gasteiger partial charge in [-0.05, 0) is 24.3 Å². The van der Waals surface area contributed by atoms with E-state index in [0.717, 1.165) is 16.6 Å². The molecular formula is C13H9N5. The predicted octanol–water partition coefficient (Wildman–Crippen LogP) is 2.00. The van der Waals surface area contributed by atoms with E-state index < -0.39 is 0 Å². The zero-order valence-electron chi connectivity index (χ0n) is 9.38. The van der Waals surface area contributed by atoms with Crippen LogP contribution < -0.4 is 5.43 Å². The van der Waals surface area contributed by atoms with Gasteiger partial charge >= 0.3 is 0 Å². The lowest BCUT2D eigenvalue weighted by atomic mass is 10.3. The number of benzene rings is 1. The number of hydrogen-bond acceptors (Lipinski definition) is 4. The van der Waals surface area contributed by atoms with Crippen molar-refractivity contribution >= 4 is 23.2 Å². The maximum atomic E-state index is 4.33. The topological polar surface area (TPSA) is 66.0 Å². The van der Waals surface area contributed by atoms with Crippen molar-refractivity contribution in [2.45, 2.75) is 0 Å². The summed E-state index contributed by atoms with van der Waals surface area (Å²) in [5, 5.41) is 4.06. The number of fused-ring (bicyclic) bond motifs is 1. The average molecular weight is 235 g/mol. The van der Waals surface area contributed by atoms with Crippen molar-refractivity contribution in [1.82, 2.24) is 15.0 Å². The molecule has 0 radical (unpaired) electrons. The van der Waals surface area contributed by atoms with Crippen LogP contribution in [0, 0.1) is 12.3 Å². The molecule has 0 aliphatic heterocycles. The Hall–Kier alpha value is -2.87. The molecule has 1 aromatic carbocycles. The molecule has 0 saturated heterocycles. The second kappa shape index (κ2) is 4.55. The Morgan fingerprint density at radius 2 is 2.22 bits per heavy atom. The SMILES string of the molecule is c1nccc(/C=N/Nc2nc3ccccc3[nH]2)c#1. The fraction of sp³-hybridized carbons (Fsp3) is 0. The molecular weight excluding hydrogens is 226 g/mol. The van der Waals surface area contributed by atoms with E-state index in [1.54, 1.807) is 18.5 Å². The first kappa shape index (κ1) is 10.3. The van der Waals surface area contributed by atoms with E-state index in [4.69, 9.17) is 0 Å². The van der Waals surface area contributed by atoms with E-state index in [2.05, 4.69) is 37.7 Å². The first-order chi connectivity index (χ1) is 8.92. The van der Waals surface area contributed by atoms with Crippen molar-refractivity contribution in [2.24, 2.45) is 5.10 Å². The Bertz CT molecular complexity index is 639. The van der Waals surface area contributed by atoms with Gasteiger partial charge in [-0.1, -0.05) is 12.1 Å². The number of H-pyrrole nitrogens is 1. The molecule has 0 amide bonds. The third kappa shape index (κ3) is 2.13. The van der Waals surface area contributed by atoms with Crippen LogP contribution in [0.1, 0.15) is 5.56 Å². The lowest BCUT2D eigenvalue weighted by molar-refractivity contribution is 1.21. The Morgan fingerprint density at radius 1 is 1.28 bits per heavy atom. The van der Waals surface area contributed by atoms with Crippen molar-refractivity contribution < 1.29 is 0 Å². The summed E-state index contributed by atoms with van der Waals surface area (Å²) in [4.78, 5) is 11.2. The van der Waals surface area contributed by atoms with Crippen molar-refractivity contribution in [3.8, 4) is 0 Å². The molecule has 3 aromatic rings. The highest BCUT2D eigenvalue weighted by Gasteiger charge is 1.98. The highest BCUT2D eigenvalue weighted by molar-refractivity contribution is 5.80. The smallest absolute Gasteiger partial charge is 0.222 e. The summed E-state index contributed by atoms with van der Waals surface area (Å²) in [7, 11) is 0. The Balaban J connectivity index is 1.75. The molecule has 0 aliphatic carbocycles. The summed E-state index contributed by atoms with van der Waals surface area (Å²) in [6, 6.07) is 12.4. The largest absolute Gasteiger partial charge is 0.323 e. The van der Waals surface area contributed by atoms with Gasteiger partial charge in [0.05, 0.1) is 17.2 Å². The zero-order chi connectivity index (χ0) is 12.2.